The average Bonchev–Trinajstić information content (AvgIpc) is 3.14. The maximum Gasteiger partial charge on any atom is 0.413 e. The normalized spacial score (nSPS) is 38.5. The number of allylic oxidation sites excluding steroid dienone is 1. The van der Waals surface area contributed by atoms with Crippen molar-refractivity contribution in [3.8, 4) is 0 Å². The first kappa shape index (κ1) is 32.0. The molecule has 3 fully saturated rings. The Hall–Kier alpha value is -0.560. The predicted octanol–water partition coefficient (Wildman–Crippen LogP) is 4.97. The molecule has 0 amide bonds. The largest absolute Gasteiger partial charge is 0.413 e. The molecule has 3 saturated carbocycles. The second-order valence-corrected chi connectivity index (χ2v) is 15.3. The molecule has 9 nitrogen and oxygen atoms in total. The molecule has 0 bridgehead atoms. The van der Waals surface area contributed by atoms with Gasteiger partial charge in [-0.1, -0.05) is 52.2 Å². The maximum absolute atomic E-state index is 10.2. The van der Waals surface area contributed by atoms with Crippen molar-refractivity contribution in [3.05, 3.63) is 11.6 Å². The number of rotatable bonds is 8. The Morgan fingerprint density at radius 3 is 2.21 bits per heavy atom. The summed E-state index contributed by atoms with van der Waals surface area (Å²) in [5, 5.41) is 19.5. The van der Waals surface area contributed by atoms with Gasteiger partial charge in [0.05, 0.1) is 6.10 Å². The summed E-state index contributed by atoms with van der Waals surface area (Å²) in [6.07, 6.45) is 16.4. The van der Waals surface area contributed by atoms with E-state index in [0.29, 0.717) is 23.4 Å². The van der Waals surface area contributed by atoms with E-state index in [0.717, 1.165) is 42.4 Å². The molecule has 4 N–H and O–H groups in total. The topological polar surface area (TPSA) is 158 Å². The van der Waals surface area contributed by atoms with Crippen molar-refractivity contribution in [1.82, 2.24) is 0 Å². The van der Waals surface area contributed by atoms with Crippen molar-refractivity contribution in [1.29, 1.82) is 0 Å². The van der Waals surface area contributed by atoms with E-state index in [1.165, 1.54) is 57.8 Å². The first-order valence-corrected chi connectivity index (χ1v) is 16.9. The number of aliphatic hydroxyl groups is 2. The van der Waals surface area contributed by atoms with Crippen LogP contribution < -0.4 is 0 Å². The van der Waals surface area contributed by atoms with Crippen LogP contribution in [0.25, 0.3) is 0 Å². The van der Waals surface area contributed by atoms with Crippen LogP contribution in [0.3, 0.4) is 0 Å². The van der Waals surface area contributed by atoms with Crippen LogP contribution >= 0.6 is 0 Å². The van der Waals surface area contributed by atoms with Crippen molar-refractivity contribution < 1.29 is 39.8 Å². The molecule has 38 heavy (non-hydrogen) atoms. The van der Waals surface area contributed by atoms with Gasteiger partial charge in [0.2, 0.25) is 0 Å². The highest BCUT2D eigenvalue weighted by Crippen LogP contribution is 2.67. The van der Waals surface area contributed by atoms with Gasteiger partial charge < -0.3 is 10.2 Å². The summed E-state index contributed by atoms with van der Waals surface area (Å²) >= 11 is 0. The molecule has 0 aromatic carbocycles. The maximum atomic E-state index is 10.2. The molecular weight excluding hydrogens is 532 g/mol. The van der Waals surface area contributed by atoms with E-state index in [2.05, 4.69) is 37.4 Å². The fourth-order valence-electron chi connectivity index (χ4n) is 8.81. The summed E-state index contributed by atoms with van der Waals surface area (Å²) in [7, 11) is -10.2. The molecule has 0 aliphatic heterocycles. The van der Waals surface area contributed by atoms with E-state index in [-0.39, 0.29) is 6.10 Å². The minimum absolute atomic E-state index is 0.0926. The third kappa shape index (κ3) is 7.39. The Morgan fingerprint density at radius 2 is 1.63 bits per heavy atom. The quantitative estimate of drug-likeness (QED) is 0.230. The smallest absolute Gasteiger partial charge is 0.396 e. The van der Waals surface area contributed by atoms with Gasteiger partial charge in [0, 0.05) is 6.61 Å². The van der Waals surface area contributed by atoms with Gasteiger partial charge in [-0.2, -0.15) is 16.8 Å². The molecule has 0 saturated heterocycles. The monoisotopic (exact) mass is 580 g/mol. The van der Waals surface area contributed by atoms with Gasteiger partial charge in [0.15, 0.2) is 0 Å². The Kier molecular flexibility index (Phi) is 10.2. The fraction of sp³-hybridized carbons (Fsp3) is 0.926. The van der Waals surface area contributed by atoms with Gasteiger partial charge in [0.25, 0.3) is 0 Å². The van der Waals surface area contributed by atoms with Gasteiger partial charge >= 0.3 is 20.8 Å². The van der Waals surface area contributed by atoms with Gasteiger partial charge in [-0.25, -0.2) is 0 Å². The van der Waals surface area contributed by atoms with Gasteiger partial charge in [-0.3, -0.25) is 9.11 Å². The summed E-state index contributed by atoms with van der Waals surface area (Å²) in [5.74, 6) is 4.82. The van der Waals surface area contributed by atoms with E-state index in [1.807, 2.05) is 0 Å². The minimum Gasteiger partial charge on any atom is -0.396 e. The summed E-state index contributed by atoms with van der Waals surface area (Å²) in [5.41, 5.74) is 2.51. The standard InChI is InChI=1S/C27H46O2.H2O7S2/c1-18(17-28)6-5-7-19(2)23-10-11-24-22-9-8-20-16-21(29)12-14-26(20,3)25(22)13-15-27(23,24)4;1-8(2,3)7-9(4,5)6/h8,18-19,21-25,28-29H,5-7,9-17H2,1-4H3;(H,1,2,3)(H,4,5,6)/t18?,19-,21+,22+,23-,24+,25+,26+,27-;/m1./s1. The van der Waals surface area contributed by atoms with Crippen molar-refractivity contribution in [2.24, 2.45) is 46.3 Å². The first-order chi connectivity index (χ1) is 17.5. The van der Waals surface area contributed by atoms with Crippen LogP contribution in [0.4, 0.5) is 0 Å². The number of hydrogen-bond acceptors (Lipinski definition) is 7. The highest BCUT2D eigenvalue weighted by Gasteiger charge is 2.59. The summed E-state index contributed by atoms with van der Waals surface area (Å²) < 4.78 is 55.6. The van der Waals surface area contributed by atoms with Crippen LogP contribution in [-0.2, 0) is 24.4 Å². The zero-order valence-corrected chi connectivity index (χ0v) is 24.9. The summed E-state index contributed by atoms with van der Waals surface area (Å²) in [6.45, 7) is 10.2. The molecule has 0 radical (unpaired) electrons. The molecule has 11 heteroatoms. The van der Waals surface area contributed by atoms with E-state index in [1.54, 1.807) is 5.57 Å². The molecule has 0 heterocycles. The van der Waals surface area contributed by atoms with Crippen molar-refractivity contribution in [2.75, 3.05) is 6.61 Å². The van der Waals surface area contributed by atoms with Crippen molar-refractivity contribution >= 4 is 20.8 Å². The molecule has 0 spiro atoms. The second kappa shape index (κ2) is 12.1. The molecule has 4 aliphatic carbocycles. The van der Waals surface area contributed by atoms with Crippen LogP contribution in [0.1, 0.15) is 98.3 Å². The molecule has 9 atom stereocenters. The van der Waals surface area contributed by atoms with Crippen molar-refractivity contribution in [3.63, 3.8) is 0 Å². The number of aliphatic hydroxyl groups excluding tert-OH is 2. The zero-order valence-electron chi connectivity index (χ0n) is 23.3. The second-order valence-electron chi connectivity index (χ2n) is 13.0. The molecule has 0 aromatic heterocycles. The van der Waals surface area contributed by atoms with Gasteiger partial charge in [-0.05, 0) is 104 Å². The van der Waals surface area contributed by atoms with E-state index in [9.17, 15) is 27.0 Å². The Labute approximate surface area is 229 Å². The van der Waals surface area contributed by atoms with Gasteiger partial charge in [-0.15, -0.1) is 3.63 Å². The lowest BCUT2D eigenvalue weighted by molar-refractivity contribution is -0.0573. The highest BCUT2D eigenvalue weighted by atomic mass is 32.3. The highest BCUT2D eigenvalue weighted by molar-refractivity contribution is 7.94. The Morgan fingerprint density at radius 1 is 0.974 bits per heavy atom. The third-order valence-corrected chi connectivity index (χ3v) is 12.1. The average molecular weight is 581 g/mol. The van der Waals surface area contributed by atoms with Crippen LogP contribution in [0, 0.1) is 46.3 Å². The lowest BCUT2D eigenvalue weighted by Gasteiger charge is -2.58. The molecular formula is C27H48O9S2. The Balaban J connectivity index is 0.000000383. The van der Waals surface area contributed by atoms with Gasteiger partial charge in [0.1, 0.15) is 0 Å². The summed E-state index contributed by atoms with van der Waals surface area (Å²) in [6, 6.07) is 0. The minimum atomic E-state index is -5.12. The number of hydrogen-bond donors (Lipinski definition) is 4. The van der Waals surface area contributed by atoms with Crippen LogP contribution in [0.15, 0.2) is 11.6 Å². The molecule has 222 valence electrons. The SMILES string of the molecule is CC(CO)CCC[C@@H](C)[C@H]1CC[C@H]2[C@@H]3CC=C4C[C@@H](O)CC[C@]4(C)[C@H]3CC[C@]12C.O=S(=O)(O)OS(=O)(=O)O. The van der Waals surface area contributed by atoms with Crippen LogP contribution in [-0.4, -0.2) is 48.9 Å². The third-order valence-electron chi connectivity index (χ3n) is 10.7. The number of fused-ring (bicyclic) bond motifs is 5. The van der Waals surface area contributed by atoms with Crippen LogP contribution in [0.5, 0.6) is 0 Å². The zero-order chi connectivity index (χ0) is 28.5. The Bertz CT molecular complexity index is 1030. The molecule has 0 aromatic rings. The van der Waals surface area contributed by atoms with E-state index < -0.39 is 20.8 Å². The fourth-order valence-corrected chi connectivity index (χ4v) is 9.68. The molecule has 1 unspecified atom stereocenters. The van der Waals surface area contributed by atoms with Crippen LogP contribution in [0.2, 0.25) is 0 Å². The van der Waals surface area contributed by atoms with Crippen molar-refractivity contribution in [2.45, 2.75) is 104 Å². The summed E-state index contributed by atoms with van der Waals surface area (Å²) in [4.78, 5) is 0. The lowest BCUT2D eigenvalue weighted by Crippen LogP contribution is -2.50. The first-order valence-electron chi connectivity index (χ1n) is 14.1. The van der Waals surface area contributed by atoms with E-state index >= 15 is 0 Å². The molecule has 4 rings (SSSR count). The molecule has 4 aliphatic rings. The lowest BCUT2D eigenvalue weighted by atomic mass is 9.47. The predicted molar refractivity (Wildman–Crippen MR) is 145 cm³/mol. The van der Waals surface area contributed by atoms with E-state index in [4.69, 9.17) is 9.11 Å².